The second kappa shape index (κ2) is 6.37. The summed E-state index contributed by atoms with van der Waals surface area (Å²) in [5.74, 6) is 0. The first-order valence-corrected chi connectivity index (χ1v) is 7.00. The number of hydrogen-bond acceptors (Lipinski definition) is 3. The molecular weight excluding hydrogens is 210 g/mol. The summed E-state index contributed by atoms with van der Waals surface area (Å²) in [6.07, 6.45) is 4.22. The molecule has 3 nitrogen and oxygen atoms in total. The lowest BCUT2D eigenvalue weighted by atomic mass is 9.99. The lowest BCUT2D eigenvalue weighted by molar-refractivity contribution is 0.159. The lowest BCUT2D eigenvalue weighted by Crippen LogP contribution is -2.45. The summed E-state index contributed by atoms with van der Waals surface area (Å²) >= 11 is 0. The molecule has 0 amide bonds. The highest BCUT2D eigenvalue weighted by Crippen LogP contribution is 2.33. The van der Waals surface area contributed by atoms with Gasteiger partial charge < -0.3 is 0 Å². The van der Waals surface area contributed by atoms with E-state index in [9.17, 15) is 5.26 Å². The molecule has 0 heterocycles. The van der Waals surface area contributed by atoms with E-state index in [1.807, 2.05) is 0 Å². The zero-order valence-electron chi connectivity index (χ0n) is 11.8. The zero-order chi connectivity index (χ0) is 12.9. The summed E-state index contributed by atoms with van der Waals surface area (Å²) in [5.41, 5.74) is -0.261. The average molecular weight is 237 g/mol. The lowest BCUT2D eigenvalue weighted by Gasteiger charge is -2.32. The minimum absolute atomic E-state index is 0.261. The van der Waals surface area contributed by atoms with Crippen molar-refractivity contribution in [3.63, 3.8) is 0 Å². The highest BCUT2D eigenvalue weighted by Gasteiger charge is 2.41. The monoisotopic (exact) mass is 237 g/mol. The first-order chi connectivity index (χ1) is 8.08. The molecule has 0 aromatic rings. The molecule has 0 aromatic heterocycles. The van der Waals surface area contributed by atoms with Gasteiger partial charge in [-0.25, -0.2) is 0 Å². The van der Waals surface area contributed by atoms with Crippen LogP contribution in [-0.4, -0.2) is 35.6 Å². The van der Waals surface area contributed by atoms with E-state index in [1.165, 1.54) is 0 Å². The van der Waals surface area contributed by atoms with Crippen LogP contribution in [0, 0.1) is 11.3 Å². The molecule has 0 radical (unpaired) electrons. The van der Waals surface area contributed by atoms with Gasteiger partial charge in [-0.05, 0) is 52.6 Å². The van der Waals surface area contributed by atoms with Crippen LogP contribution in [0.15, 0.2) is 0 Å². The van der Waals surface area contributed by atoms with Crippen LogP contribution in [-0.2, 0) is 0 Å². The van der Waals surface area contributed by atoms with Gasteiger partial charge in [0.1, 0.15) is 5.54 Å². The van der Waals surface area contributed by atoms with Gasteiger partial charge in [0.2, 0.25) is 0 Å². The molecule has 0 aromatic carbocycles. The second-order valence-corrected chi connectivity index (χ2v) is 5.44. The fraction of sp³-hybridized carbons (Fsp3) is 0.929. The maximum absolute atomic E-state index is 9.42. The zero-order valence-corrected chi connectivity index (χ0v) is 11.8. The van der Waals surface area contributed by atoms with E-state index < -0.39 is 0 Å². The Morgan fingerprint density at radius 2 is 2.18 bits per heavy atom. The van der Waals surface area contributed by atoms with Crippen molar-refractivity contribution in [1.82, 2.24) is 10.2 Å². The number of rotatable bonds is 6. The van der Waals surface area contributed by atoms with Crippen LogP contribution in [0.3, 0.4) is 0 Å². The minimum atomic E-state index is -0.261. The van der Waals surface area contributed by atoms with E-state index in [4.69, 9.17) is 0 Å². The van der Waals surface area contributed by atoms with E-state index in [-0.39, 0.29) is 5.54 Å². The molecule has 1 aliphatic carbocycles. The van der Waals surface area contributed by atoms with Gasteiger partial charge in [-0.3, -0.25) is 10.2 Å². The van der Waals surface area contributed by atoms with Crippen LogP contribution in [0.25, 0.3) is 0 Å². The quantitative estimate of drug-likeness (QED) is 0.771. The standard InChI is InChI=1S/C14H27N3/c1-5-9-16-14(11-15)8-7-13(10-14)17(6-2)12(3)4/h12-13,16H,5-10H2,1-4H3. The molecule has 2 atom stereocenters. The first kappa shape index (κ1) is 14.5. The molecular formula is C14H27N3. The Labute approximate surface area is 106 Å². The minimum Gasteiger partial charge on any atom is -0.299 e. The van der Waals surface area contributed by atoms with Crippen molar-refractivity contribution in [2.24, 2.45) is 0 Å². The van der Waals surface area contributed by atoms with Crippen molar-refractivity contribution >= 4 is 0 Å². The fourth-order valence-electron chi connectivity index (χ4n) is 3.01. The van der Waals surface area contributed by atoms with Crippen molar-refractivity contribution in [3.05, 3.63) is 0 Å². The molecule has 1 N–H and O–H groups in total. The number of hydrogen-bond donors (Lipinski definition) is 1. The van der Waals surface area contributed by atoms with Gasteiger partial charge in [-0.1, -0.05) is 13.8 Å². The molecule has 0 bridgehead atoms. The normalized spacial score (nSPS) is 28.9. The smallest absolute Gasteiger partial charge is 0.108 e. The first-order valence-electron chi connectivity index (χ1n) is 7.00. The summed E-state index contributed by atoms with van der Waals surface area (Å²) in [7, 11) is 0. The summed E-state index contributed by atoms with van der Waals surface area (Å²) in [5, 5.41) is 12.9. The SMILES string of the molecule is CCCNC1(C#N)CCC(N(CC)C(C)C)C1. The molecule has 17 heavy (non-hydrogen) atoms. The third kappa shape index (κ3) is 3.43. The van der Waals surface area contributed by atoms with Crippen LogP contribution in [0.4, 0.5) is 0 Å². The largest absolute Gasteiger partial charge is 0.299 e. The second-order valence-electron chi connectivity index (χ2n) is 5.44. The Hall–Kier alpha value is -0.590. The molecule has 2 unspecified atom stereocenters. The van der Waals surface area contributed by atoms with Crippen molar-refractivity contribution < 1.29 is 0 Å². The number of nitrogens with one attached hydrogen (secondary N) is 1. The Morgan fingerprint density at radius 1 is 1.47 bits per heavy atom. The van der Waals surface area contributed by atoms with Gasteiger partial charge in [0, 0.05) is 12.1 Å². The fourth-order valence-corrected chi connectivity index (χ4v) is 3.01. The third-order valence-electron chi connectivity index (χ3n) is 3.91. The van der Waals surface area contributed by atoms with Crippen LogP contribution in [0.2, 0.25) is 0 Å². The van der Waals surface area contributed by atoms with Crippen molar-refractivity contribution in [1.29, 1.82) is 5.26 Å². The van der Waals surface area contributed by atoms with Gasteiger partial charge in [0.15, 0.2) is 0 Å². The Kier molecular flexibility index (Phi) is 5.42. The summed E-state index contributed by atoms with van der Waals surface area (Å²) in [6, 6.07) is 3.67. The van der Waals surface area contributed by atoms with Crippen LogP contribution < -0.4 is 5.32 Å². The number of nitriles is 1. The van der Waals surface area contributed by atoms with Gasteiger partial charge in [0.05, 0.1) is 6.07 Å². The van der Waals surface area contributed by atoms with Crippen LogP contribution >= 0.6 is 0 Å². The van der Waals surface area contributed by atoms with Crippen LogP contribution in [0.5, 0.6) is 0 Å². The number of nitrogens with zero attached hydrogens (tertiary/aromatic N) is 2. The molecule has 1 aliphatic rings. The molecule has 1 fully saturated rings. The predicted octanol–water partition coefficient (Wildman–Crippen LogP) is 2.53. The van der Waals surface area contributed by atoms with Crippen LogP contribution in [0.1, 0.15) is 53.4 Å². The summed E-state index contributed by atoms with van der Waals surface area (Å²) in [4.78, 5) is 2.52. The molecule has 1 rings (SSSR count). The van der Waals surface area contributed by atoms with E-state index in [0.717, 1.165) is 38.8 Å². The van der Waals surface area contributed by atoms with Crippen molar-refractivity contribution in [3.8, 4) is 6.07 Å². The topological polar surface area (TPSA) is 39.1 Å². The van der Waals surface area contributed by atoms with E-state index in [2.05, 4.69) is 44.0 Å². The van der Waals surface area contributed by atoms with E-state index in [1.54, 1.807) is 0 Å². The molecule has 1 saturated carbocycles. The molecule has 3 heteroatoms. The van der Waals surface area contributed by atoms with Gasteiger partial charge in [0.25, 0.3) is 0 Å². The van der Waals surface area contributed by atoms with Gasteiger partial charge in [-0.15, -0.1) is 0 Å². The van der Waals surface area contributed by atoms with Gasteiger partial charge in [-0.2, -0.15) is 5.26 Å². The highest BCUT2D eigenvalue weighted by molar-refractivity contribution is 5.13. The predicted molar refractivity (Wildman–Crippen MR) is 71.8 cm³/mol. The van der Waals surface area contributed by atoms with E-state index >= 15 is 0 Å². The molecule has 0 saturated heterocycles. The third-order valence-corrected chi connectivity index (χ3v) is 3.91. The van der Waals surface area contributed by atoms with Crippen molar-refractivity contribution in [2.75, 3.05) is 13.1 Å². The molecule has 0 spiro atoms. The van der Waals surface area contributed by atoms with Gasteiger partial charge >= 0.3 is 0 Å². The Balaban J connectivity index is 2.63. The summed E-state index contributed by atoms with van der Waals surface area (Å²) in [6.45, 7) is 10.9. The maximum atomic E-state index is 9.42. The Morgan fingerprint density at radius 3 is 2.65 bits per heavy atom. The highest BCUT2D eigenvalue weighted by atomic mass is 15.2. The Bertz CT molecular complexity index is 269. The van der Waals surface area contributed by atoms with E-state index in [0.29, 0.717) is 12.1 Å². The molecule has 0 aliphatic heterocycles. The van der Waals surface area contributed by atoms with Crippen molar-refractivity contribution in [2.45, 2.75) is 71.0 Å². The molecule has 98 valence electrons. The average Bonchev–Trinajstić information content (AvgIpc) is 2.72. The maximum Gasteiger partial charge on any atom is 0.108 e. The summed E-state index contributed by atoms with van der Waals surface area (Å²) < 4.78 is 0.